The zero-order valence-corrected chi connectivity index (χ0v) is 12.9. The molecule has 112 valence electrons. The van der Waals surface area contributed by atoms with Crippen LogP contribution in [0.25, 0.3) is 0 Å². The Kier molecular flexibility index (Phi) is 3.24. The van der Waals surface area contributed by atoms with Crippen molar-refractivity contribution >= 4 is 23.2 Å². The molecule has 0 unspecified atom stereocenters. The highest BCUT2D eigenvalue weighted by Gasteiger charge is 2.38. The van der Waals surface area contributed by atoms with Gasteiger partial charge in [-0.1, -0.05) is 18.2 Å². The molecule has 1 aliphatic rings. The summed E-state index contributed by atoms with van der Waals surface area (Å²) in [6, 6.07) is 12.9. The summed E-state index contributed by atoms with van der Waals surface area (Å²) in [5, 5.41) is 5.76. The molecule has 2 aromatic rings. The van der Waals surface area contributed by atoms with Crippen molar-refractivity contribution < 1.29 is 9.59 Å². The molecule has 0 saturated heterocycles. The first kappa shape index (κ1) is 14.3. The smallest absolute Gasteiger partial charge is 0.255 e. The van der Waals surface area contributed by atoms with Gasteiger partial charge in [0.1, 0.15) is 0 Å². The van der Waals surface area contributed by atoms with Crippen LogP contribution in [-0.4, -0.2) is 11.8 Å². The zero-order valence-electron chi connectivity index (χ0n) is 12.9. The first-order valence-electron chi connectivity index (χ1n) is 7.22. The number of fused-ring (bicyclic) bond motifs is 1. The quantitative estimate of drug-likeness (QED) is 0.891. The summed E-state index contributed by atoms with van der Waals surface area (Å²) < 4.78 is 0. The predicted octanol–water partition coefficient (Wildman–Crippen LogP) is 3.48. The van der Waals surface area contributed by atoms with Crippen molar-refractivity contribution in [1.82, 2.24) is 0 Å². The summed E-state index contributed by atoms with van der Waals surface area (Å²) in [7, 11) is 0. The number of benzene rings is 2. The molecule has 2 N–H and O–H groups in total. The van der Waals surface area contributed by atoms with E-state index in [9.17, 15) is 9.59 Å². The summed E-state index contributed by atoms with van der Waals surface area (Å²) in [6.45, 7) is 5.66. The van der Waals surface area contributed by atoms with E-state index in [1.807, 2.05) is 51.1 Å². The first-order valence-corrected chi connectivity index (χ1v) is 7.22. The molecule has 0 aromatic heterocycles. The number of amides is 2. The average Bonchev–Trinajstić information content (AvgIpc) is 2.70. The van der Waals surface area contributed by atoms with Crippen LogP contribution in [0.2, 0.25) is 0 Å². The molecular formula is C18H18N2O2. The number of anilines is 2. The second kappa shape index (κ2) is 4.98. The third kappa shape index (κ3) is 2.26. The van der Waals surface area contributed by atoms with Crippen molar-refractivity contribution in [2.45, 2.75) is 26.2 Å². The van der Waals surface area contributed by atoms with E-state index < -0.39 is 5.41 Å². The minimum atomic E-state index is -0.585. The fourth-order valence-electron chi connectivity index (χ4n) is 2.68. The van der Waals surface area contributed by atoms with Crippen LogP contribution in [0.15, 0.2) is 42.5 Å². The highest BCUT2D eigenvalue weighted by molar-refractivity contribution is 6.08. The van der Waals surface area contributed by atoms with Gasteiger partial charge in [-0.3, -0.25) is 9.59 Å². The van der Waals surface area contributed by atoms with Crippen LogP contribution in [0, 0.1) is 6.92 Å². The Labute approximate surface area is 129 Å². The van der Waals surface area contributed by atoms with Gasteiger partial charge in [-0.25, -0.2) is 0 Å². The Morgan fingerprint density at radius 1 is 1.14 bits per heavy atom. The highest BCUT2D eigenvalue weighted by Crippen LogP contribution is 2.38. The number of rotatable bonds is 2. The minimum absolute atomic E-state index is 0.0233. The lowest BCUT2D eigenvalue weighted by Gasteiger charge is -2.16. The number of hydrogen-bond donors (Lipinski definition) is 2. The first-order chi connectivity index (χ1) is 10.4. The molecule has 1 aliphatic heterocycles. The molecule has 1 heterocycles. The monoisotopic (exact) mass is 294 g/mol. The summed E-state index contributed by atoms with van der Waals surface area (Å²) in [4.78, 5) is 24.3. The molecule has 0 saturated carbocycles. The van der Waals surface area contributed by atoms with E-state index in [-0.39, 0.29) is 11.8 Å². The Hall–Kier alpha value is -2.62. The minimum Gasteiger partial charge on any atom is -0.325 e. The number of nitrogens with one attached hydrogen (secondary N) is 2. The van der Waals surface area contributed by atoms with Crippen molar-refractivity contribution in [3.8, 4) is 0 Å². The lowest BCUT2D eigenvalue weighted by molar-refractivity contribution is -0.119. The van der Waals surface area contributed by atoms with Crippen LogP contribution in [0.1, 0.15) is 35.3 Å². The van der Waals surface area contributed by atoms with Crippen LogP contribution in [0.4, 0.5) is 11.4 Å². The maximum absolute atomic E-state index is 12.4. The molecular weight excluding hydrogens is 276 g/mol. The third-order valence-electron chi connectivity index (χ3n) is 4.16. The molecule has 3 rings (SSSR count). The van der Waals surface area contributed by atoms with E-state index in [2.05, 4.69) is 10.6 Å². The third-order valence-corrected chi connectivity index (χ3v) is 4.16. The Bertz CT molecular complexity index is 778. The van der Waals surface area contributed by atoms with Crippen molar-refractivity contribution in [3.05, 3.63) is 59.2 Å². The molecule has 2 amide bonds. The predicted molar refractivity (Wildman–Crippen MR) is 87.2 cm³/mol. The maximum atomic E-state index is 12.4. The van der Waals surface area contributed by atoms with Crippen molar-refractivity contribution in [2.75, 3.05) is 10.6 Å². The molecule has 4 nitrogen and oxygen atoms in total. The number of carbonyl (C=O) groups is 2. The van der Waals surface area contributed by atoms with Crippen LogP contribution in [0.5, 0.6) is 0 Å². The Balaban J connectivity index is 1.90. The second-order valence-electron chi connectivity index (χ2n) is 6.11. The van der Waals surface area contributed by atoms with E-state index >= 15 is 0 Å². The van der Waals surface area contributed by atoms with Gasteiger partial charge in [0.05, 0.1) is 5.41 Å². The van der Waals surface area contributed by atoms with E-state index in [1.165, 1.54) is 0 Å². The highest BCUT2D eigenvalue weighted by atomic mass is 16.2. The lowest BCUT2D eigenvalue weighted by atomic mass is 9.86. The second-order valence-corrected chi connectivity index (χ2v) is 6.11. The molecule has 22 heavy (non-hydrogen) atoms. The van der Waals surface area contributed by atoms with Gasteiger partial charge in [0.15, 0.2) is 0 Å². The number of hydrogen-bond acceptors (Lipinski definition) is 2. The maximum Gasteiger partial charge on any atom is 0.255 e. The molecule has 0 bridgehead atoms. The van der Waals surface area contributed by atoms with E-state index in [1.54, 1.807) is 12.1 Å². The summed E-state index contributed by atoms with van der Waals surface area (Å²) in [5.74, 6) is -0.169. The summed E-state index contributed by atoms with van der Waals surface area (Å²) in [6.07, 6.45) is 0. The fraction of sp³-hybridized carbons (Fsp3) is 0.222. The molecule has 0 fully saturated rings. The van der Waals surface area contributed by atoms with Gasteiger partial charge in [-0.05, 0) is 56.2 Å². The standard InChI is InChI=1S/C18H18N2O2/c1-11-6-4-5-7-13(11)16(21)19-12-8-9-15-14(10-12)18(2,3)17(22)20-15/h4-10H,1-3H3,(H,19,21)(H,20,22). The van der Waals surface area contributed by atoms with Gasteiger partial charge in [-0.2, -0.15) is 0 Å². The van der Waals surface area contributed by atoms with Crippen LogP contribution >= 0.6 is 0 Å². The van der Waals surface area contributed by atoms with Crippen molar-refractivity contribution in [2.24, 2.45) is 0 Å². The fourth-order valence-corrected chi connectivity index (χ4v) is 2.68. The molecule has 4 heteroatoms. The van der Waals surface area contributed by atoms with Gasteiger partial charge in [0, 0.05) is 16.9 Å². The van der Waals surface area contributed by atoms with Crippen molar-refractivity contribution in [3.63, 3.8) is 0 Å². The largest absolute Gasteiger partial charge is 0.325 e. The average molecular weight is 294 g/mol. The lowest BCUT2D eigenvalue weighted by Crippen LogP contribution is -2.26. The summed E-state index contributed by atoms with van der Waals surface area (Å²) >= 11 is 0. The molecule has 0 aliphatic carbocycles. The van der Waals surface area contributed by atoms with Gasteiger partial charge in [0.2, 0.25) is 5.91 Å². The number of aryl methyl sites for hydroxylation is 1. The van der Waals surface area contributed by atoms with Gasteiger partial charge >= 0.3 is 0 Å². The van der Waals surface area contributed by atoms with Gasteiger partial charge in [0.25, 0.3) is 5.91 Å². The van der Waals surface area contributed by atoms with Crippen molar-refractivity contribution in [1.29, 1.82) is 0 Å². The molecule has 0 atom stereocenters. The molecule has 0 spiro atoms. The van der Waals surface area contributed by atoms with Gasteiger partial charge in [-0.15, -0.1) is 0 Å². The van der Waals surface area contributed by atoms with Crippen LogP contribution in [0.3, 0.4) is 0 Å². The normalized spacial score (nSPS) is 15.1. The molecule has 2 aromatic carbocycles. The van der Waals surface area contributed by atoms with Crippen LogP contribution < -0.4 is 10.6 Å². The number of carbonyl (C=O) groups excluding carboxylic acids is 2. The Morgan fingerprint density at radius 2 is 1.86 bits per heavy atom. The topological polar surface area (TPSA) is 58.2 Å². The van der Waals surface area contributed by atoms with Gasteiger partial charge < -0.3 is 10.6 Å². The van der Waals surface area contributed by atoms with E-state index in [0.717, 1.165) is 16.8 Å². The van der Waals surface area contributed by atoms with Crippen LogP contribution in [-0.2, 0) is 10.2 Å². The molecule has 0 radical (unpaired) electrons. The van der Waals surface area contributed by atoms with E-state index in [4.69, 9.17) is 0 Å². The SMILES string of the molecule is Cc1ccccc1C(=O)Nc1ccc2c(c1)C(C)(C)C(=O)N2. The Morgan fingerprint density at radius 3 is 2.59 bits per heavy atom. The summed E-state index contributed by atoms with van der Waals surface area (Å²) in [5.41, 5.74) is 3.40. The van der Waals surface area contributed by atoms with E-state index in [0.29, 0.717) is 11.3 Å². The zero-order chi connectivity index (χ0) is 15.9.